The fourth-order valence-corrected chi connectivity index (χ4v) is 5.30. The lowest BCUT2D eigenvalue weighted by molar-refractivity contribution is -0.118. The number of hydrogen-bond acceptors (Lipinski definition) is 3. The second kappa shape index (κ2) is 6.22. The van der Waals surface area contributed by atoms with Gasteiger partial charge in [-0.1, -0.05) is 31.0 Å². The van der Waals surface area contributed by atoms with Crippen LogP contribution in [-0.4, -0.2) is 15.8 Å². The largest absolute Gasteiger partial charge is 0.294 e. The third-order valence-electron chi connectivity index (χ3n) is 6.89. The third kappa shape index (κ3) is 2.65. The summed E-state index contributed by atoms with van der Waals surface area (Å²) in [4.78, 5) is 26.6. The molecule has 0 radical (unpaired) electrons. The molecule has 5 nitrogen and oxygen atoms in total. The van der Waals surface area contributed by atoms with Crippen molar-refractivity contribution in [1.82, 2.24) is 9.89 Å². The van der Waals surface area contributed by atoms with E-state index in [2.05, 4.69) is 10.5 Å². The van der Waals surface area contributed by atoms with Crippen molar-refractivity contribution in [3.8, 4) is 0 Å². The van der Waals surface area contributed by atoms with E-state index >= 15 is 0 Å². The molecule has 5 heteroatoms. The van der Waals surface area contributed by atoms with Crippen LogP contribution in [-0.2, 0) is 4.79 Å². The summed E-state index contributed by atoms with van der Waals surface area (Å²) in [6.45, 7) is 0. The van der Waals surface area contributed by atoms with Crippen LogP contribution in [0.1, 0.15) is 63.0 Å². The van der Waals surface area contributed by atoms with Crippen molar-refractivity contribution < 1.29 is 4.79 Å². The quantitative estimate of drug-likeness (QED) is 0.916. The molecule has 2 bridgehead atoms. The Labute approximate surface area is 152 Å². The average molecular weight is 351 g/mol. The van der Waals surface area contributed by atoms with Gasteiger partial charge in [0.05, 0.1) is 11.1 Å². The van der Waals surface area contributed by atoms with Crippen molar-refractivity contribution >= 4 is 16.7 Å². The molecular formula is C21H25N3O2. The summed E-state index contributed by atoms with van der Waals surface area (Å²) in [5.74, 6) is 2.33. The third-order valence-corrected chi connectivity index (χ3v) is 6.89. The molecule has 3 saturated carbocycles. The second-order valence-electron chi connectivity index (χ2n) is 8.45. The van der Waals surface area contributed by atoms with Gasteiger partial charge in [-0.15, -0.1) is 4.79 Å². The SMILES string of the molecule is O=C(C[C@@H]1C[C@@H]2CC[C@H]1C2)Nn1nc(C2CCC2)c2ccccc2c1=O. The molecule has 3 fully saturated rings. The summed E-state index contributed by atoms with van der Waals surface area (Å²) >= 11 is 0. The number of carbonyl (C=O) groups excluding carboxylic acids is 1. The summed E-state index contributed by atoms with van der Waals surface area (Å²) in [6, 6.07) is 7.62. The molecule has 1 amide bonds. The Morgan fingerprint density at radius 3 is 2.58 bits per heavy atom. The van der Waals surface area contributed by atoms with Crippen LogP contribution in [0.2, 0.25) is 0 Å². The number of aromatic nitrogens is 2. The first-order valence-corrected chi connectivity index (χ1v) is 10.0. The maximum atomic E-state index is 12.8. The van der Waals surface area contributed by atoms with Gasteiger partial charge < -0.3 is 0 Å². The van der Waals surface area contributed by atoms with E-state index in [0.29, 0.717) is 29.6 Å². The summed E-state index contributed by atoms with van der Waals surface area (Å²) in [5.41, 5.74) is 3.51. The lowest BCUT2D eigenvalue weighted by Gasteiger charge is -2.26. The number of nitrogens with one attached hydrogen (secondary N) is 1. The molecule has 1 aromatic heterocycles. The van der Waals surface area contributed by atoms with Crippen LogP contribution < -0.4 is 11.0 Å². The van der Waals surface area contributed by atoms with Crippen LogP contribution >= 0.6 is 0 Å². The first-order valence-electron chi connectivity index (χ1n) is 10.0. The Morgan fingerprint density at radius 2 is 1.92 bits per heavy atom. The van der Waals surface area contributed by atoms with Crippen LogP contribution in [0, 0.1) is 17.8 Å². The van der Waals surface area contributed by atoms with Gasteiger partial charge in [0.25, 0.3) is 5.56 Å². The number of nitrogens with zero attached hydrogens (tertiary/aromatic N) is 2. The highest BCUT2D eigenvalue weighted by atomic mass is 16.2. The zero-order valence-electron chi connectivity index (χ0n) is 15.0. The molecule has 3 aliphatic carbocycles. The Hall–Kier alpha value is -2.17. The van der Waals surface area contributed by atoms with E-state index in [1.807, 2.05) is 24.3 Å². The molecule has 1 heterocycles. The molecule has 3 aliphatic rings. The average Bonchev–Trinajstić information content (AvgIpc) is 3.20. The Balaban J connectivity index is 1.42. The molecular weight excluding hydrogens is 326 g/mol. The van der Waals surface area contributed by atoms with Gasteiger partial charge in [-0.3, -0.25) is 9.59 Å². The summed E-state index contributed by atoms with van der Waals surface area (Å²) < 4.78 is 0. The van der Waals surface area contributed by atoms with E-state index in [0.717, 1.165) is 29.8 Å². The van der Waals surface area contributed by atoms with Crippen molar-refractivity contribution in [3.63, 3.8) is 0 Å². The number of benzene rings is 1. The van der Waals surface area contributed by atoms with E-state index in [1.54, 1.807) is 0 Å². The van der Waals surface area contributed by atoms with Gasteiger partial charge in [-0.05, 0) is 55.9 Å². The monoisotopic (exact) mass is 351 g/mol. The Kier molecular flexibility index (Phi) is 3.84. The van der Waals surface area contributed by atoms with Gasteiger partial charge in [-0.2, -0.15) is 5.10 Å². The molecule has 3 atom stereocenters. The van der Waals surface area contributed by atoms with Gasteiger partial charge in [0.15, 0.2) is 0 Å². The smallest absolute Gasteiger partial charge is 0.273 e. The molecule has 0 spiro atoms. The van der Waals surface area contributed by atoms with Gasteiger partial charge in [0, 0.05) is 17.7 Å². The number of amides is 1. The number of carbonyl (C=O) groups is 1. The van der Waals surface area contributed by atoms with E-state index in [9.17, 15) is 9.59 Å². The fourth-order valence-electron chi connectivity index (χ4n) is 5.30. The lowest BCUT2D eigenvalue weighted by atomic mass is 9.81. The minimum Gasteiger partial charge on any atom is -0.273 e. The highest BCUT2D eigenvalue weighted by Gasteiger charge is 2.40. The summed E-state index contributed by atoms with van der Waals surface area (Å²) in [5, 5.41) is 6.13. The van der Waals surface area contributed by atoms with E-state index in [1.165, 1.54) is 36.9 Å². The van der Waals surface area contributed by atoms with E-state index in [4.69, 9.17) is 0 Å². The fraction of sp³-hybridized carbons (Fsp3) is 0.571. The number of fused-ring (bicyclic) bond motifs is 3. The first kappa shape index (κ1) is 16.0. The highest BCUT2D eigenvalue weighted by Crippen LogP contribution is 2.49. The normalized spacial score (nSPS) is 27.6. The number of hydrogen-bond donors (Lipinski definition) is 1. The zero-order valence-corrected chi connectivity index (χ0v) is 15.0. The predicted molar refractivity (Wildman–Crippen MR) is 101 cm³/mol. The van der Waals surface area contributed by atoms with Crippen LogP contribution in [0.3, 0.4) is 0 Å². The van der Waals surface area contributed by atoms with Crippen molar-refractivity contribution in [3.05, 3.63) is 40.3 Å². The van der Waals surface area contributed by atoms with Crippen LogP contribution in [0.15, 0.2) is 29.1 Å². The summed E-state index contributed by atoms with van der Waals surface area (Å²) in [7, 11) is 0. The Bertz CT molecular complexity index is 915. The summed E-state index contributed by atoms with van der Waals surface area (Å²) in [6.07, 6.45) is 8.99. The maximum Gasteiger partial charge on any atom is 0.294 e. The van der Waals surface area contributed by atoms with Crippen molar-refractivity contribution in [2.75, 3.05) is 5.43 Å². The molecule has 136 valence electrons. The lowest BCUT2D eigenvalue weighted by Crippen LogP contribution is -2.37. The van der Waals surface area contributed by atoms with Crippen molar-refractivity contribution in [2.45, 2.75) is 57.3 Å². The Morgan fingerprint density at radius 1 is 1.12 bits per heavy atom. The molecule has 5 rings (SSSR count). The van der Waals surface area contributed by atoms with Crippen LogP contribution in [0.5, 0.6) is 0 Å². The van der Waals surface area contributed by atoms with Crippen LogP contribution in [0.4, 0.5) is 0 Å². The van der Waals surface area contributed by atoms with Gasteiger partial charge in [-0.25, -0.2) is 5.43 Å². The molecule has 2 aromatic rings. The zero-order chi connectivity index (χ0) is 17.7. The highest BCUT2D eigenvalue weighted by molar-refractivity contribution is 5.86. The second-order valence-corrected chi connectivity index (χ2v) is 8.45. The maximum absolute atomic E-state index is 12.8. The van der Waals surface area contributed by atoms with E-state index in [-0.39, 0.29) is 11.5 Å². The van der Waals surface area contributed by atoms with Gasteiger partial charge in [0.2, 0.25) is 5.91 Å². The minimum atomic E-state index is -0.232. The standard InChI is InChI=1S/C21H25N3O2/c25-19(12-16-11-13-8-9-15(16)10-13)22-24-21(26)18-7-2-1-6-17(18)20(23-24)14-4-3-5-14/h1-2,6-7,13-16H,3-5,8-12H2,(H,22,25)/t13-,15+,16+/m1/s1. The molecule has 0 saturated heterocycles. The van der Waals surface area contributed by atoms with Crippen molar-refractivity contribution in [1.29, 1.82) is 0 Å². The van der Waals surface area contributed by atoms with Gasteiger partial charge in [0.1, 0.15) is 0 Å². The van der Waals surface area contributed by atoms with Gasteiger partial charge >= 0.3 is 0 Å². The molecule has 1 aromatic carbocycles. The molecule has 0 aliphatic heterocycles. The number of rotatable bonds is 4. The molecule has 1 N–H and O–H groups in total. The minimum absolute atomic E-state index is 0.0769. The first-order chi connectivity index (χ1) is 12.7. The van der Waals surface area contributed by atoms with Crippen LogP contribution in [0.25, 0.3) is 10.8 Å². The van der Waals surface area contributed by atoms with Crippen molar-refractivity contribution in [2.24, 2.45) is 17.8 Å². The van der Waals surface area contributed by atoms with E-state index < -0.39 is 0 Å². The molecule has 0 unspecified atom stereocenters. The predicted octanol–water partition coefficient (Wildman–Crippen LogP) is 3.56. The topological polar surface area (TPSA) is 64.0 Å². The molecule has 26 heavy (non-hydrogen) atoms.